The molecule has 0 aliphatic carbocycles. The summed E-state index contributed by atoms with van der Waals surface area (Å²) in [7, 11) is 0. The van der Waals surface area contributed by atoms with Crippen molar-refractivity contribution in [2.24, 2.45) is 0 Å². The van der Waals surface area contributed by atoms with Crippen molar-refractivity contribution in [2.45, 2.75) is 0 Å². The highest BCUT2D eigenvalue weighted by Crippen LogP contribution is 2.22. The fourth-order valence-electron chi connectivity index (χ4n) is 4.48. The van der Waals surface area contributed by atoms with Crippen LogP contribution in [0.4, 0.5) is 11.4 Å². The van der Waals surface area contributed by atoms with Crippen LogP contribution in [-0.4, -0.2) is 22.5 Å². The smallest absolute Gasteiger partial charge is 0.276 e. The number of carbonyl (C=O) groups excluding carboxylic acids is 3. The van der Waals surface area contributed by atoms with Gasteiger partial charge in [0.1, 0.15) is 5.70 Å². The van der Waals surface area contributed by atoms with Crippen molar-refractivity contribution in [3.8, 4) is 11.1 Å². The van der Waals surface area contributed by atoms with Gasteiger partial charge in [0.05, 0.1) is 10.5 Å². The molecule has 0 heterocycles. The molecule has 8 nitrogen and oxygen atoms in total. The zero-order valence-corrected chi connectivity index (χ0v) is 23.9. The van der Waals surface area contributed by atoms with Crippen LogP contribution in [0.15, 0.2) is 145 Å². The Balaban J connectivity index is 1.29. The van der Waals surface area contributed by atoms with E-state index in [9.17, 15) is 24.5 Å². The van der Waals surface area contributed by atoms with Crippen LogP contribution in [-0.2, 0) is 4.79 Å². The van der Waals surface area contributed by atoms with E-state index in [0.29, 0.717) is 16.8 Å². The Kier molecular flexibility index (Phi) is 9.47. The molecule has 0 aromatic heterocycles. The van der Waals surface area contributed by atoms with Gasteiger partial charge in [-0.15, -0.1) is 0 Å². The standard InChI is InChI=1S/C37H27N3O5/c41-35(24-17-26-15-18-28(19-16-26)27-9-3-1-4-10-27)29-20-22-32(23-21-29)38-37(43)33(39-36(42)30-11-5-2-6-12-30)25-31-13-7-8-14-34(31)40(44)45/h1-25H,(H,38,43)(H,39,42)/b24-17+,33-25-. The van der Waals surface area contributed by atoms with Gasteiger partial charge in [-0.05, 0) is 71.3 Å². The molecule has 0 saturated carbocycles. The molecule has 0 radical (unpaired) electrons. The highest BCUT2D eigenvalue weighted by molar-refractivity contribution is 6.11. The number of allylic oxidation sites excluding steroid dienone is 1. The minimum Gasteiger partial charge on any atom is -0.321 e. The van der Waals surface area contributed by atoms with E-state index < -0.39 is 16.7 Å². The first-order valence-electron chi connectivity index (χ1n) is 14.0. The molecule has 0 atom stereocenters. The molecule has 0 saturated heterocycles. The number of nitrogens with zero attached hydrogens (tertiary/aromatic N) is 1. The fourth-order valence-corrected chi connectivity index (χ4v) is 4.48. The van der Waals surface area contributed by atoms with Gasteiger partial charge in [0, 0.05) is 22.9 Å². The van der Waals surface area contributed by atoms with Crippen LogP contribution in [0.5, 0.6) is 0 Å². The first-order valence-corrected chi connectivity index (χ1v) is 14.0. The minimum atomic E-state index is -0.699. The molecular formula is C37H27N3O5. The van der Waals surface area contributed by atoms with Crippen LogP contribution in [0.1, 0.15) is 31.8 Å². The quantitative estimate of drug-likeness (QED) is 0.0749. The van der Waals surface area contributed by atoms with Gasteiger partial charge in [-0.2, -0.15) is 0 Å². The van der Waals surface area contributed by atoms with Gasteiger partial charge in [-0.25, -0.2) is 0 Å². The lowest BCUT2D eigenvalue weighted by Crippen LogP contribution is -2.30. The second-order valence-corrected chi connectivity index (χ2v) is 9.91. The minimum absolute atomic E-state index is 0.142. The van der Waals surface area contributed by atoms with Crippen molar-refractivity contribution in [3.63, 3.8) is 0 Å². The van der Waals surface area contributed by atoms with Crippen molar-refractivity contribution in [2.75, 3.05) is 5.32 Å². The highest BCUT2D eigenvalue weighted by atomic mass is 16.6. The number of nitro benzene ring substituents is 1. The molecule has 0 spiro atoms. The lowest BCUT2D eigenvalue weighted by atomic mass is 10.0. The summed E-state index contributed by atoms with van der Waals surface area (Å²) >= 11 is 0. The Labute approximate surface area is 259 Å². The number of hydrogen-bond donors (Lipinski definition) is 2. The van der Waals surface area contributed by atoms with Crippen molar-refractivity contribution in [3.05, 3.63) is 178 Å². The number of nitro groups is 1. The van der Waals surface area contributed by atoms with Gasteiger partial charge in [-0.3, -0.25) is 24.5 Å². The average molecular weight is 594 g/mol. The summed E-state index contributed by atoms with van der Waals surface area (Å²) in [6.07, 6.45) is 4.48. The molecule has 0 aliphatic heterocycles. The summed E-state index contributed by atoms with van der Waals surface area (Å²) in [5.74, 6) is -1.47. The number of carbonyl (C=O) groups is 3. The van der Waals surface area contributed by atoms with Crippen LogP contribution in [0, 0.1) is 10.1 Å². The maximum absolute atomic E-state index is 13.3. The van der Waals surface area contributed by atoms with Crippen LogP contribution in [0.2, 0.25) is 0 Å². The number of benzene rings is 5. The van der Waals surface area contributed by atoms with E-state index in [-0.39, 0.29) is 22.7 Å². The van der Waals surface area contributed by atoms with E-state index in [1.807, 2.05) is 54.6 Å². The van der Waals surface area contributed by atoms with Crippen molar-refractivity contribution < 1.29 is 19.3 Å². The molecule has 5 aromatic carbocycles. The number of amides is 2. The molecule has 8 heteroatoms. The molecule has 45 heavy (non-hydrogen) atoms. The largest absolute Gasteiger partial charge is 0.321 e. The van der Waals surface area contributed by atoms with Crippen molar-refractivity contribution >= 4 is 41.1 Å². The SMILES string of the molecule is O=C(Nc1ccc(C(=O)/C=C/c2ccc(-c3ccccc3)cc2)cc1)/C(=C/c1ccccc1[N+](=O)[O-])NC(=O)c1ccccc1. The maximum Gasteiger partial charge on any atom is 0.276 e. The maximum atomic E-state index is 13.3. The zero-order valence-electron chi connectivity index (χ0n) is 23.9. The van der Waals surface area contributed by atoms with Gasteiger partial charge in [-0.1, -0.05) is 91.0 Å². The normalized spacial score (nSPS) is 11.2. The summed E-state index contributed by atoms with van der Waals surface area (Å²) in [5, 5.41) is 16.8. The van der Waals surface area contributed by atoms with Crippen molar-refractivity contribution in [1.82, 2.24) is 5.32 Å². The third-order valence-electron chi connectivity index (χ3n) is 6.83. The monoisotopic (exact) mass is 593 g/mol. The lowest BCUT2D eigenvalue weighted by Gasteiger charge is -2.12. The topological polar surface area (TPSA) is 118 Å². The molecule has 5 aromatic rings. The Hall–Kier alpha value is -6.41. The number of ketones is 1. The number of rotatable bonds is 10. The van der Waals surface area contributed by atoms with Gasteiger partial charge in [0.15, 0.2) is 5.78 Å². The molecule has 0 aliphatic rings. The van der Waals surface area contributed by atoms with Gasteiger partial charge in [0.2, 0.25) is 0 Å². The predicted octanol–water partition coefficient (Wildman–Crippen LogP) is 7.57. The van der Waals surface area contributed by atoms with E-state index in [4.69, 9.17) is 0 Å². The molecule has 2 N–H and O–H groups in total. The van der Waals surface area contributed by atoms with E-state index >= 15 is 0 Å². The Bertz CT molecular complexity index is 1900. The number of anilines is 1. The Morgan fingerprint density at radius 1 is 0.644 bits per heavy atom. The summed E-state index contributed by atoms with van der Waals surface area (Å²) in [6, 6.07) is 38.3. The third kappa shape index (κ3) is 7.91. The summed E-state index contributed by atoms with van der Waals surface area (Å²) < 4.78 is 0. The molecule has 0 fully saturated rings. The van der Waals surface area contributed by atoms with Gasteiger partial charge in [0.25, 0.3) is 17.5 Å². The van der Waals surface area contributed by atoms with E-state index in [2.05, 4.69) is 10.6 Å². The molecule has 220 valence electrons. The highest BCUT2D eigenvalue weighted by Gasteiger charge is 2.18. The van der Waals surface area contributed by atoms with E-state index in [1.54, 1.807) is 66.7 Å². The number of hydrogen-bond acceptors (Lipinski definition) is 5. The molecule has 0 bridgehead atoms. The van der Waals surface area contributed by atoms with E-state index in [0.717, 1.165) is 16.7 Å². The summed E-state index contributed by atoms with van der Waals surface area (Å²) in [6.45, 7) is 0. The Morgan fingerprint density at radius 2 is 1.24 bits per heavy atom. The van der Waals surface area contributed by atoms with Gasteiger partial charge >= 0.3 is 0 Å². The predicted molar refractivity (Wildman–Crippen MR) is 175 cm³/mol. The van der Waals surface area contributed by atoms with E-state index in [1.165, 1.54) is 30.4 Å². The summed E-state index contributed by atoms with van der Waals surface area (Å²) in [5.41, 5.74) is 3.87. The van der Waals surface area contributed by atoms with Crippen LogP contribution >= 0.6 is 0 Å². The molecule has 5 rings (SSSR count). The van der Waals surface area contributed by atoms with Gasteiger partial charge < -0.3 is 10.6 Å². The molecule has 2 amide bonds. The van der Waals surface area contributed by atoms with Crippen LogP contribution in [0.25, 0.3) is 23.3 Å². The first kappa shape index (κ1) is 30.1. The average Bonchev–Trinajstić information content (AvgIpc) is 3.08. The molecule has 0 unspecified atom stereocenters. The third-order valence-corrected chi connectivity index (χ3v) is 6.83. The van der Waals surface area contributed by atoms with Crippen molar-refractivity contribution in [1.29, 1.82) is 0 Å². The second-order valence-electron chi connectivity index (χ2n) is 9.91. The van der Waals surface area contributed by atoms with Crippen LogP contribution in [0.3, 0.4) is 0 Å². The number of nitrogens with one attached hydrogen (secondary N) is 2. The summed E-state index contributed by atoms with van der Waals surface area (Å²) in [4.78, 5) is 50.0. The second kappa shape index (κ2) is 14.2. The number of para-hydroxylation sites is 1. The zero-order chi connectivity index (χ0) is 31.6. The Morgan fingerprint density at radius 3 is 1.91 bits per heavy atom. The first-order chi connectivity index (χ1) is 21.9. The lowest BCUT2D eigenvalue weighted by molar-refractivity contribution is -0.385. The van der Waals surface area contributed by atoms with Crippen LogP contribution < -0.4 is 10.6 Å². The molecular weight excluding hydrogens is 566 g/mol. The fraction of sp³-hybridized carbons (Fsp3) is 0.